The molecule has 0 N–H and O–H groups in total. The lowest BCUT2D eigenvalue weighted by Crippen LogP contribution is -2.57. The molecule has 2 aromatic carbocycles. The number of carbonyl (C=O) groups is 2. The van der Waals surface area contributed by atoms with Gasteiger partial charge in [-0.15, -0.1) is 0 Å². The Balaban J connectivity index is 1.67. The average molecular weight is 488 g/mol. The molecule has 188 valence electrons. The third-order valence-corrected chi connectivity index (χ3v) is 7.44. The highest BCUT2D eigenvalue weighted by Gasteiger charge is 2.46. The molecule has 2 unspecified atom stereocenters. The van der Waals surface area contributed by atoms with Gasteiger partial charge in [-0.05, 0) is 62.9 Å². The van der Waals surface area contributed by atoms with Crippen molar-refractivity contribution < 1.29 is 22.8 Å². The van der Waals surface area contributed by atoms with E-state index >= 15 is 0 Å². The monoisotopic (exact) mass is 487 g/mol. The molecule has 2 heterocycles. The minimum absolute atomic E-state index is 0.109. The number of halogens is 3. The summed E-state index contributed by atoms with van der Waals surface area (Å²) < 4.78 is 40.2. The Labute approximate surface area is 204 Å². The number of benzene rings is 2. The summed E-state index contributed by atoms with van der Waals surface area (Å²) in [6, 6.07) is 8.82. The number of rotatable bonds is 3. The van der Waals surface area contributed by atoms with Gasteiger partial charge in [-0.2, -0.15) is 13.2 Å². The van der Waals surface area contributed by atoms with Crippen LogP contribution in [-0.4, -0.2) is 52.8 Å². The van der Waals surface area contributed by atoms with Crippen molar-refractivity contribution in [2.24, 2.45) is 0 Å². The van der Waals surface area contributed by atoms with Crippen LogP contribution in [0, 0.1) is 20.8 Å². The average Bonchev–Trinajstić information content (AvgIpc) is 3.17. The zero-order valence-corrected chi connectivity index (χ0v) is 20.8. The van der Waals surface area contributed by atoms with E-state index < -0.39 is 17.8 Å². The van der Waals surface area contributed by atoms with E-state index in [1.165, 1.54) is 4.90 Å². The van der Waals surface area contributed by atoms with Crippen molar-refractivity contribution in [2.45, 2.75) is 64.8 Å². The number of carbonyl (C=O) groups excluding carboxylic acids is 2. The van der Waals surface area contributed by atoms with Crippen molar-refractivity contribution in [2.75, 3.05) is 20.1 Å². The zero-order chi connectivity index (χ0) is 25.7. The van der Waals surface area contributed by atoms with Gasteiger partial charge >= 0.3 is 12.2 Å². The molecule has 0 saturated carbocycles. The molecule has 2 saturated heterocycles. The molecule has 2 aliphatic heterocycles. The fourth-order valence-electron chi connectivity index (χ4n) is 5.49. The quantitative estimate of drug-likeness (QED) is 0.550. The van der Waals surface area contributed by atoms with Crippen LogP contribution in [0.2, 0.25) is 0 Å². The summed E-state index contributed by atoms with van der Waals surface area (Å²) in [7, 11) is 1.63. The van der Waals surface area contributed by atoms with E-state index in [-0.39, 0.29) is 24.0 Å². The second kappa shape index (κ2) is 9.21. The largest absolute Gasteiger partial charge is 0.416 e. The fraction of sp³-hybridized carbons (Fsp3) is 0.481. The molecular formula is C27H32F3N3O2. The molecule has 0 bridgehead atoms. The van der Waals surface area contributed by atoms with E-state index in [2.05, 4.69) is 6.07 Å². The number of nitrogens with zero attached hydrogens (tertiary/aromatic N) is 3. The summed E-state index contributed by atoms with van der Waals surface area (Å²) in [6.07, 6.45) is -3.32. The highest BCUT2D eigenvalue weighted by atomic mass is 19.4. The number of hydrogen-bond donors (Lipinski definition) is 0. The van der Waals surface area contributed by atoms with Gasteiger partial charge < -0.3 is 14.7 Å². The van der Waals surface area contributed by atoms with E-state index in [4.69, 9.17) is 0 Å². The van der Waals surface area contributed by atoms with Crippen LogP contribution < -0.4 is 0 Å². The van der Waals surface area contributed by atoms with Gasteiger partial charge in [0.1, 0.15) is 0 Å². The molecule has 0 spiro atoms. The van der Waals surface area contributed by atoms with Crippen LogP contribution in [0.25, 0.3) is 0 Å². The molecule has 2 fully saturated rings. The SMILES string of the molecule is Cc1cc([C@@H](C)N(C)C(=O)N2CCN3C(=O)CCC3C2c2ccc(C)cc2C)cc(C(F)(F)F)c1. The topological polar surface area (TPSA) is 43.9 Å². The van der Waals surface area contributed by atoms with Gasteiger partial charge in [0, 0.05) is 26.6 Å². The van der Waals surface area contributed by atoms with Crippen LogP contribution in [0.4, 0.5) is 18.0 Å². The maximum Gasteiger partial charge on any atom is 0.416 e. The first kappa shape index (κ1) is 25.1. The normalized spacial score (nSPS) is 21.2. The van der Waals surface area contributed by atoms with Gasteiger partial charge in [0.15, 0.2) is 0 Å². The highest BCUT2D eigenvalue weighted by Crippen LogP contribution is 2.40. The molecule has 5 nitrogen and oxygen atoms in total. The fourth-order valence-corrected chi connectivity index (χ4v) is 5.49. The number of amides is 3. The van der Waals surface area contributed by atoms with Crippen molar-refractivity contribution in [3.63, 3.8) is 0 Å². The lowest BCUT2D eigenvalue weighted by molar-refractivity contribution is -0.137. The van der Waals surface area contributed by atoms with Gasteiger partial charge in [-0.1, -0.05) is 35.4 Å². The maximum atomic E-state index is 13.8. The molecule has 2 aromatic rings. The minimum Gasteiger partial charge on any atom is -0.335 e. The first-order chi connectivity index (χ1) is 16.4. The number of hydrogen-bond acceptors (Lipinski definition) is 2. The lowest BCUT2D eigenvalue weighted by atomic mass is 9.90. The Morgan fingerprint density at radius 2 is 1.77 bits per heavy atom. The van der Waals surface area contributed by atoms with Gasteiger partial charge in [0.25, 0.3) is 0 Å². The lowest BCUT2D eigenvalue weighted by Gasteiger charge is -2.47. The first-order valence-electron chi connectivity index (χ1n) is 12.0. The third-order valence-electron chi connectivity index (χ3n) is 7.44. The second-order valence-electron chi connectivity index (χ2n) is 9.89. The molecule has 3 amide bonds. The molecule has 4 rings (SSSR count). The summed E-state index contributed by atoms with van der Waals surface area (Å²) in [6.45, 7) is 8.23. The van der Waals surface area contributed by atoms with Crippen LogP contribution in [0.15, 0.2) is 36.4 Å². The van der Waals surface area contributed by atoms with E-state index in [1.54, 1.807) is 31.9 Å². The van der Waals surface area contributed by atoms with Crippen molar-refractivity contribution in [3.05, 3.63) is 69.8 Å². The van der Waals surface area contributed by atoms with E-state index in [0.717, 1.165) is 28.8 Å². The molecule has 0 aliphatic carbocycles. The highest BCUT2D eigenvalue weighted by molar-refractivity contribution is 5.81. The van der Waals surface area contributed by atoms with Crippen LogP contribution in [0.1, 0.15) is 65.2 Å². The van der Waals surface area contributed by atoms with E-state index in [1.807, 2.05) is 30.9 Å². The van der Waals surface area contributed by atoms with Crippen LogP contribution in [-0.2, 0) is 11.0 Å². The molecule has 2 aliphatic rings. The third kappa shape index (κ3) is 4.75. The van der Waals surface area contributed by atoms with Crippen LogP contribution in [0.5, 0.6) is 0 Å². The zero-order valence-electron chi connectivity index (χ0n) is 20.8. The van der Waals surface area contributed by atoms with E-state index in [0.29, 0.717) is 37.1 Å². The maximum absolute atomic E-state index is 13.8. The molecule has 8 heteroatoms. The summed E-state index contributed by atoms with van der Waals surface area (Å²) in [5.74, 6) is 0.109. The van der Waals surface area contributed by atoms with Crippen molar-refractivity contribution in [1.29, 1.82) is 0 Å². The molecular weight excluding hydrogens is 455 g/mol. The summed E-state index contributed by atoms with van der Waals surface area (Å²) in [5.41, 5.74) is 3.39. The van der Waals surface area contributed by atoms with Gasteiger partial charge in [-0.3, -0.25) is 4.79 Å². The summed E-state index contributed by atoms with van der Waals surface area (Å²) >= 11 is 0. The number of urea groups is 1. The van der Waals surface area contributed by atoms with Crippen molar-refractivity contribution in [1.82, 2.24) is 14.7 Å². The van der Waals surface area contributed by atoms with Gasteiger partial charge in [-0.25, -0.2) is 4.79 Å². The first-order valence-corrected chi connectivity index (χ1v) is 12.0. The summed E-state index contributed by atoms with van der Waals surface area (Å²) in [4.78, 5) is 31.5. The Hall–Kier alpha value is -3.03. The standard InChI is InChI=1S/C27H32F3N3O2/c1-16-6-7-22(18(3)12-16)25-23-8-9-24(34)32(23)10-11-33(25)26(35)31(5)19(4)20-13-17(2)14-21(15-20)27(28,29)30/h6-7,12-15,19,23,25H,8-11H2,1-5H3/t19-,23?,25?/m1/s1. The predicted molar refractivity (Wildman–Crippen MR) is 128 cm³/mol. The Bertz CT molecular complexity index is 1150. The van der Waals surface area contributed by atoms with Crippen molar-refractivity contribution >= 4 is 11.9 Å². The Kier molecular flexibility index (Phi) is 6.60. The van der Waals surface area contributed by atoms with Gasteiger partial charge in [0.2, 0.25) is 5.91 Å². The molecule has 0 radical (unpaired) electrons. The molecule has 3 atom stereocenters. The Morgan fingerprint density at radius 3 is 2.43 bits per heavy atom. The number of piperazine rings is 1. The minimum atomic E-state index is -4.46. The van der Waals surface area contributed by atoms with E-state index in [9.17, 15) is 22.8 Å². The molecule has 0 aromatic heterocycles. The number of fused-ring (bicyclic) bond motifs is 1. The molecule has 35 heavy (non-hydrogen) atoms. The van der Waals surface area contributed by atoms with Crippen LogP contribution in [0.3, 0.4) is 0 Å². The number of aryl methyl sites for hydroxylation is 3. The van der Waals surface area contributed by atoms with Crippen LogP contribution >= 0.6 is 0 Å². The number of alkyl halides is 3. The Morgan fingerprint density at radius 1 is 1.06 bits per heavy atom. The second-order valence-corrected chi connectivity index (χ2v) is 9.89. The van der Waals surface area contributed by atoms with Crippen molar-refractivity contribution in [3.8, 4) is 0 Å². The predicted octanol–water partition coefficient (Wildman–Crippen LogP) is 5.79. The summed E-state index contributed by atoms with van der Waals surface area (Å²) in [5, 5.41) is 0. The van der Waals surface area contributed by atoms with Gasteiger partial charge in [0.05, 0.1) is 23.7 Å². The smallest absolute Gasteiger partial charge is 0.335 e.